The molecule has 1 saturated heterocycles. The molecular weight excluding hydrogens is 248 g/mol. The Morgan fingerprint density at radius 2 is 2.00 bits per heavy atom. The molecule has 0 aliphatic carbocycles. The fourth-order valence-corrected chi connectivity index (χ4v) is 2.02. The van der Waals surface area contributed by atoms with E-state index in [0.717, 1.165) is 0 Å². The Bertz CT molecular complexity index is 351. The Kier molecular flexibility index (Phi) is 4.79. The lowest BCUT2D eigenvalue weighted by Gasteiger charge is -2.26. The molecule has 1 fully saturated rings. The van der Waals surface area contributed by atoms with E-state index in [1.165, 1.54) is 0 Å². The molecule has 0 aromatic rings. The number of nitrogens with two attached hydrogens (primary N) is 1. The smallest absolute Gasteiger partial charge is 0.410 e. The summed E-state index contributed by atoms with van der Waals surface area (Å²) in [4.78, 5) is 24.9. The topological polar surface area (TPSA) is 81.9 Å². The second-order valence-corrected chi connectivity index (χ2v) is 6.00. The van der Waals surface area contributed by atoms with Crippen LogP contribution in [0.25, 0.3) is 0 Å². The lowest BCUT2D eigenvalue weighted by atomic mass is 9.96. The van der Waals surface area contributed by atoms with Crippen LogP contribution in [-0.2, 0) is 14.3 Å². The van der Waals surface area contributed by atoms with Gasteiger partial charge in [0.05, 0.1) is 13.0 Å². The summed E-state index contributed by atoms with van der Waals surface area (Å²) >= 11 is 0. The van der Waals surface area contributed by atoms with Gasteiger partial charge in [0, 0.05) is 18.6 Å². The highest BCUT2D eigenvalue weighted by atomic mass is 16.6. The fourth-order valence-electron chi connectivity index (χ4n) is 2.02. The van der Waals surface area contributed by atoms with Crippen LogP contribution in [0.5, 0.6) is 0 Å². The molecule has 6 nitrogen and oxygen atoms in total. The molecule has 0 saturated carbocycles. The van der Waals surface area contributed by atoms with Crippen LogP contribution in [0.1, 0.15) is 40.5 Å². The van der Waals surface area contributed by atoms with Gasteiger partial charge in [-0.1, -0.05) is 0 Å². The van der Waals surface area contributed by atoms with E-state index in [9.17, 15) is 9.59 Å². The zero-order chi connectivity index (χ0) is 14.7. The maximum atomic E-state index is 11.9. The monoisotopic (exact) mass is 272 g/mol. The van der Waals surface area contributed by atoms with Crippen molar-refractivity contribution in [1.82, 2.24) is 4.90 Å². The molecular formula is C13H24N2O4. The summed E-state index contributed by atoms with van der Waals surface area (Å²) in [5, 5.41) is 0. The van der Waals surface area contributed by atoms with Crippen LogP contribution < -0.4 is 5.73 Å². The molecule has 1 aliphatic rings. The second-order valence-electron chi connectivity index (χ2n) is 6.00. The second kappa shape index (κ2) is 5.77. The molecule has 0 bridgehead atoms. The Labute approximate surface area is 114 Å². The summed E-state index contributed by atoms with van der Waals surface area (Å²) in [6, 6.07) is 0. The number of ether oxygens (including phenoxy) is 2. The van der Waals surface area contributed by atoms with Crippen molar-refractivity contribution in [2.45, 2.75) is 51.7 Å². The molecule has 19 heavy (non-hydrogen) atoms. The van der Waals surface area contributed by atoms with Crippen LogP contribution in [0.15, 0.2) is 0 Å². The average Bonchev–Trinajstić information content (AvgIpc) is 2.58. The molecule has 1 atom stereocenters. The van der Waals surface area contributed by atoms with Gasteiger partial charge < -0.3 is 20.1 Å². The van der Waals surface area contributed by atoms with E-state index in [1.807, 2.05) is 20.8 Å². The maximum absolute atomic E-state index is 11.9. The highest BCUT2D eigenvalue weighted by molar-refractivity contribution is 5.72. The molecule has 0 aromatic carbocycles. The SMILES string of the molecule is CCOC(=O)C[C@]1(N)CCN(C(=O)OC(C)(C)C)C1. The summed E-state index contributed by atoms with van der Waals surface area (Å²) in [6.07, 6.45) is 0.314. The van der Waals surface area contributed by atoms with Crippen molar-refractivity contribution in [3.63, 3.8) is 0 Å². The first-order chi connectivity index (χ1) is 8.65. The van der Waals surface area contributed by atoms with Crippen molar-refractivity contribution in [2.75, 3.05) is 19.7 Å². The van der Waals surface area contributed by atoms with Gasteiger partial charge in [-0.15, -0.1) is 0 Å². The zero-order valence-corrected chi connectivity index (χ0v) is 12.2. The van der Waals surface area contributed by atoms with Crippen LogP contribution in [0, 0.1) is 0 Å². The lowest BCUT2D eigenvalue weighted by molar-refractivity contribution is -0.144. The third-order valence-electron chi connectivity index (χ3n) is 2.84. The minimum absolute atomic E-state index is 0.125. The number of nitrogens with zero attached hydrogens (tertiary/aromatic N) is 1. The van der Waals surface area contributed by atoms with E-state index >= 15 is 0 Å². The van der Waals surface area contributed by atoms with E-state index in [2.05, 4.69) is 0 Å². The van der Waals surface area contributed by atoms with Gasteiger partial charge in [-0.25, -0.2) is 4.79 Å². The van der Waals surface area contributed by atoms with E-state index in [1.54, 1.807) is 11.8 Å². The molecule has 0 radical (unpaired) electrons. The van der Waals surface area contributed by atoms with Gasteiger partial charge in [-0.3, -0.25) is 4.79 Å². The molecule has 1 rings (SSSR count). The average molecular weight is 272 g/mol. The van der Waals surface area contributed by atoms with Crippen molar-refractivity contribution in [1.29, 1.82) is 0 Å². The maximum Gasteiger partial charge on any atom is 0.410 e. The number of esters is 1. The Balaban J connectivity index is 2.52. The molecule has 0 spiro atoms. The number of rotatable bonds is 3. The first-order valence-electron chi connectivity index (χ1n) is 6.58. The number of hydrogen-bond donors (Lipinski definition) is 1. The van der Waals surface area contributed by atoms with Crippen molar-refractivity contribution >= 4 is 12.1 Å². The Morgan fingerprint density at radius 3 is 2.53 bits per heavy atom. The zero-order valence-electron chi connectivity index (χ0n) is 12.2. The van der Waals surface area contributed by atoms with Crippen LogP contribution >= 0.6 is 0 Å². The van der Waals surface area contributed by atoms with Crippen LogP contribution in [0.3, 0.4) is 0 Å². The Hall–Kier alpha value is -1.30. The third-order valence-corrected chi connectivity index (χ3v) is 2.84. The first kappa shape index (κ1) is 15.8. The summed E-state index contributed by atoms with van der Waals surface area (Å²) in [6.45, 7) is 8.36. The summed E-state index contributed by atoms with van der Waals surface area (Å²) in [7, 11) is 0. The van der Waals surface area contributed by atoms with E-state index in [4.69, 9.17) is 15.2 Å². The number of amides is 1. The van der Waals surface area contributed by atoms with Gasteiger partial charge in [0.1, 0.15) is 5.60 Å². The molecule has 110 valence electrons. The van der Waals surface area contributed by atoms with E-state index in [-0.39, 0.29) is 18.5 Å². The molecule has 1 heterocycles. The van der Waals surface area contributed by atoms with Gasteiger partial charge >= 0.3 is 12.1 Å². The van der Waals surface area contributed by atoms with E-state index < -0.39 is 11.1 Å². The largest absolute Gasteiger partial charge is 0.466 e. The van der Waals surface area contributed by atoms with E-state index in [0.29, 0.717) is 26.1 Å². The van der Waals surface area contributed by atoms with Gasteiger partial charge in [-0.2, -0.15) is 0 Å². The minimum atomic E-state index is -0.705. The molecule has 2 N–H and O–H groups in total. The molecule has 1 aliphatic heterocycles. The minimum Gasteiger partial charge on any atom is -0.466 e. The van der Waals surface area contributed by atoms with Crippen LogP contribution in [-0.4, -0.2) is 47.8 Å². The van der Waals surface area contributed by atoms with Crippen LogP contribution in [0.2, 0.25) is 0 Å². The van der Waals surface area contributed by atoms with Gasteiger partial charge in [0.2, 0.25) is 0 Å². The normalized spacial score (nSPS) is 23.3. The number of carbonyl (C=O) groups is 2. The molecule has 6 heteroatoms. The van der Waals surface area contributed by atoms with Gasteiger partial charge in [0.15, 0.2) is 0 Å². The predicted molar refractivity (Wildman–Crippen MR) is 70.6 cm³/mol. The highest BCUT2D eigenvalue weighted by Gasteiger charge is 2.40. The number of hydrogen-bond acceptors (Lipinski definition) is 5. The van der Waals surface area contributed by atoms with Crippen molar-refractivity contribution in [2.24, 2.45) is 5.73 Å². The molecule has 0 unspecified atom stereocenters. The third kappa shape index (κ3) is 5.06. The predicted octanol–water partition coefficient (Wildman–Crippen LogP) is 1.28. The highest BCUT2D eigenvalue weighted by Crippen LogP contribution is 2.24. The van der Waals surface area contributed by atoms with Gasteiger partial charge in [-0.05, 0) is 34.1 Å². The summed E-state index contributed by atoms with van der Waals surface area (Å²) < 4.78 is 10.2. The molecule has 1 amide bonds. The standard InChI is InChI=1S/C13H24N2O4/c1-5-18-10(16)8-13(14)6-7-15(9-13)11(17)19-12(2,3)4/h5-9,14H2,1-4H3/t13-/m1/s1. The van der Waals surface area contributed by atoms with Gasteiger partial charge in [0.25, 0.3) is 0 Å². The van der Waals surface area contributed by atoms with Crippen molar-refractivity contribution in [3.05, 3.63) is 0 Å². The van der Waals surface area contributed by atoms with Crippen LogP contribution in [0.4, 0.5) is 4.79 Å². The quantitative estimate of drug-likeness (QED) is 0.783. The lowest BCUT2D eigenvalue weighted by Crippen LogP contribution is -2.46. The molecule has 0 aromatic heterocycles. The fraction of sp³-hybridized carbons (Fsp3) is 0.846. The summed E-state index contributed by atoms with van der Waals surface area (Å²) in [5.41, 5.74) is 4.90. The Morgan fingerprint density at radius 1 is 1.37 bits per heavy atom. The number of likely N-dealkylation sites (tertiary alicyclic amines) is 1. The van der Waals surface area contributed by atoms with Crippen molar-refractivity contribution < 1.29 is 19.1 Å². The van der Waals surface area contributed by atoms with Crippen molar-refractivity contribution in [3.8, 4) is 0 Å². The first-order valence-corrected chi connectivity index (χ1v) is 6.58. The summed E-state index contributed by atoms with van der Waals surface area (Å²) in [5.74, 6) is -0.323. The number of carbonyl (C=O) groups excluding carboxylic acids is 2.